The second kappa shape index (κ2) is 6.94. The Morgan fingerprint density at radius 1 is 1.32 bits per heavy atom. The van der Waals surface area contributed by atoms with E-state index in [2.05, 4.69) is 12.2 Å². The van der Waals surface area contributed by atoms with Gasteiger partial charge < -0.3 is 10.1 Å². The van der Waals surface area contributed by atoms with Gasteiger partial charge in [0.25, 0.3) is 0 Å². The van der Waals surface area contributed by atoms with Gasteiger partial charge in [-0.15, -0.1) is 11.3 Å². The Bertz CT molecular complexity index is 416. The molecular weight excluding hydrogens is 258 g/mol. The van der Waals surface area contributed by atoms with E-state index < -0.39 is 0 Å². The topological polar surface area (TPSA) is 38.3 Å². The SMILES string of the molecule is COC(=O)c1sccc1NC1CCCCC(C)CC1. The molecule has 0 spiro atoms. The van der Waals surface area contributed by atoms with Crippen molar-refractivity contribution in [2.75, 3.05) is 12.4 Å². The minimum Gasteiger partial charge on any atom is -0.465 e. The molecule has 0 aliphatic heterocycles. The molecule has 1 aromatic heterocycles. The fraction of sp³-hybridized carbons (Fsp3) is 0.667. The molecule has 3 nitrogen and oxygen atoms in total. The van der Waals surface area contributed by atoms with Crippen molar-refractivity contribution in [3.8, 4) is 0 Å². The molecule has 0 aromatic carbocycles. The highest BCUT2D eigenvalue weighted by Gasteiger charge is 2.18. The minimum absolute atomic E-state index is 0.239. The fourth-order valence-electron chi connectivity index (χ4n) is 2.70. The van der Waals surface area contributed by atoms with Crippen LogP contribution < -0.4 is 5.32 Å². The molecule has 0 bridgehead atoms. The average Bonchev–Trinajstić information content (AvgIpc) is 2.85. The lowest BCUT2D eigenvalue weighted by Crippen LogP contribution is -2.22. The van der Waals surface area contributed by atoms with Crippen molar-refractivity contribution in [1.82, 2.24) is 0 Å². The van der Waals surface area contributed by atoms with Crippen molar-refractivity contribution in [2.45, 2.75) is 51.5 Å². The van der Waals surface area contributed by atoms with E-state index in [0.29, 0.717) is 10.9 Å². The molecule has 2 rings (SSSR count). The van der Waals surface area contributed by atoms with E-state index >= 15 is 0 Å². The van der Waals surface area contributed by atoms with E-state index in [-0.39, 0.29) is 5.97 Å². The second-order valence-corrected chi connectivity index (χ2v) is 6.38. The van der Waals surface area contributed by atoms with Crippen molar-refractivity contribution in [3.63, 3.8) is 0 Å². The zero-order valence-corrected chi connectivity index (χ0v) is 12.6. The zero-order chi connectivity index (χ0) is 13.7. The van der Waals surface area contributed by atoms with Gasteiger partial charge in [-0.25, -0.2) is 4.79 Å². The first-order chi connectivity index (χ1) is 9.20. The second-order valence-electron chi connectivity index (χ2n) is 5.46. The highest BCUT2D eigenvalue weighted by atomic mass is 32.1. The maximum absolute atomic E-state index is 11.7. The fourth-order valence-corrected chi connectivity index (χ4v) is 3.47. The Kier molecular flexibility index (Phi) is 5.25. The van der Waals surface area contributed by atoms with Crippen LogP contribution in [0.5, 0.6) is 0 Å². The number of anilines is 1. The highest BCUT2D eigenvalue weighted by Crippen LogP contribution is 2.28. The van der Waals surface area contributed by atoms with Crippen LogP contribution in [-0.4, -0.2) is 19.1 Å². The summed E-state index contributed by atoms with van der Waals surface area (Å²) in [6.45, 7) is 2.34. The van der Waals surface area contributed by atoms with Gasteiger partial charge in [0.05, 0.1) is 12.8 Å². The third kappa shape index (κ3) is 3.96. The summed E-state index contributed by atoms with van der Waals surface area (Å²) in [6.07, 6.45) is 7.63. The van der Waals surface area contributed by atoms with Crippen molar-refractivity contribution in [3.05, 3.63) is 16.3 Å². The molecule has 2 unspecified atom stereocenters. The van der Waals surface area contributed by atoms with E-state index in [0.717, 1.165) is 11.6 Å². The van der Waals surface area contributed by atoms with Gasteiger partial charge in [-0.1, -0.05) is 26.2 Å². The third-order valence-electron chi connectivity index (χ3n) is 3.90. The number of carbonyl (C=O) groups excluding carboxylic acids is 1. The summed E-state index contributed by atoms with van der Waals surface area (Å²) < 4.78 is 4.82. The van der Waals surface area contributed by atoms with Gasteiger partial charge in [0.1, 0.15) is 4.88 Å². The molecule has 1 heterocycles. The van der Waals surface area contributed by atoms with Gasteiger partial charge in [0.2, 0.25) is 0 Å². The Hall–Kier alpha value is -1.03. The van der Waals surface area contributed by atoms with E-state index in [1.54, 1.807) is 0 Å². The maximum atomic E-state index is 11.7. The van der Waals surface area contributed by atoms with Crippen LogP contribution in [0.1, 0.15) is 55.1 Å². The summed E-state index contributed by atoms with van der Waals surface area (Å²) in [5, 5.41) is 5.49. The molecule has 19 heavy (non-hydrogen) atoms. The first-order valence-electron chi connectivity index (χ1n) is 7.13. The van der Waals surface area contributed by atoms with Crippen molar-refractivity contribution in [1.29, 1.82) is 0 Å². The quantitative estimate of drug-likeness (QED) is 0.839. The highest BCUT2D eigenvalue weighted by molar-refractivity contribution is 7.12. The molecule has 1 aliphatic rings. The molecule has 1 fully saturated rings. The lowest BCUT2D eigenvalue weighted by Gasteiger charge is -2.24. The number of ether oxygens (including phenoxy) is 1. The summed E-state index contributed by atoms with van der Waals surface area (Å²) in [5.41, 5.74) is 0.940. The number of carbonyl (C=O) groups is 1. The van der Waals surface area contributed by atoms with Crippen molar-refractivity contribution < 1.29 is 9.53 Å². The van der Waals surface area contributed by atoms with Crippen LogP contribution in [0, 0.1) is 5.92 Å². The molecule has 1 aromatic rings. The predicted octanol–water partition coefficient (Wildman–Crippen LogP) is 4.31. The number of hydrogen-bond acceptors (Lipinski definition) is 4. The van der Waals surface area contributed by atoms with Crippen LogP contribution in [0.4, 0.5) is 5.69 Å². The van der Waals surface area contributed by atoms with E-state index in [1.807, 2.05) is 11.4 Å². The van der Waals surface area contributed by atoms with Gasteiger partial charge in [0.15, 0.2) is 0 Å². The number of thiophene rings is 1. The van der Waals surface area contributed by atoms with Gasteiger partial charge in [-0.05, 0) is 36.6 Å². The smallest absolute Gasteiger partial charge is 0.350 e. The molecule has 2 atom stereocenters. The van der Waals surface area contributed by atoms with Crippen molar-refractivity contribution in [2.24, 2.45) is 5.92 Å². The first kappa shape index (κ1) is 14.4. The van der Waals surface area contributed by atoms with E-state index in [1.165, 1.54) is 57.0 Å². The molecule has 1 saturated carbocycles. The van der Waals surface area contributed by atoms with Crippen LogP contribution in [0.3, 0.4) is 0 Å². The summed E-state index contributed by atoms with van der Waals surface area (Å²) in [6, 6.07) is 2.47. The Labute approximate surface area is 119 Å². The van der Waals surface area contributed by atoms with Crippen LogP contribution in [-0.2, 0) is 4.74 Å². The molecule has 1 aliphatic carbocycles. The van der Waals surface area contributed by atoms with Gasteiger partial charge in [0, 0.05) is 6.04 Å². The lowest BCUT2D eigenvalue weighted by molar-refractivity contribution is 0.0607. The Morgan fingerprint density at radius 3 is 2.89 bits per heavy atom. The summed E-state index contributed by atoms with van der Waals surface area (Å²) in [7, 11) is 1.43. The number of rotatable bonds is 3. The lowest BCUT2D eigenvalue weighted by atomic mass is 9.90. The summed E-state index contributed by atoms with van der Waals surface area (Å²) in [5.74, 6) is 0.587. The number of methoxy groups -OCH3 is 1. The number of hydrogen-bond donors (Lipinski definition) is 1. The molecule has 0 saturated heterocycles. The maximum Gasteiger partial charge on any atom is 0.350 e. The van der Waals surface area contributed by atoms with Gasteiger partial charge in [-0.3, -0.25) is 0 Å². The predicted molar refractivity (Wildman–Crippen MR) is 79.9 cm³/mol. The molecule has 0 amide bonds. The van der Waals surface area contributed by atoms with E-state index in [9.17, 15) is 4.79 Å². The number of nitrogens with one attached hydrogen (secondary N) is 1. The molecular formula is C15H23NO2S. The zero-order valence-electron chi connectivity index (χ0n) is 11.8. The Balaban J connectivity index is 1.99. The molecule has 0 radical (unpaired) electrons. The van der Waals surface area contributed by atoms with Gasteiger partial charge in [-0.2, -0.15) is 0 Å². The third-order valence-corrected chi connectivity index (χ3v) is 4.80. The molecule has 106 valence electrons. The van der Waals surface area contributed by atoms with Crippen molar-refractivity contribution >= 4 is 23.0 Å². The van der Waals surface area contributed by atoms with Gasteiger partial charge >= 0.3 is 5.97 Å². The van der Waals surface area contributed by atoms with Crippen LogP contribution in [0.2, 0.25) is 0 Å². The monoisotopic (exact) mass is 281 g/mol. The van der Waals surface area contributed by atoms with Crippen LogP contribution >= 0.6 is 11.3 Å². The summed E-state index contributed by atoms with van der Waals surface area (Å²) in [4.78, 5) is 12.4. The Morgan fingerprint density at radius 2 is 2.11 bits per heavy atom. The molecule has 1 N–H and O–H groups in total. The normalized spacial score (nSPS) is 24.3. The van der Waals surface area contributed by atoms with Crippen LogP contribution in [0.25, 0.3) is 0 Å². The summed E-state index contributed by atoms with van der Waals surface area (Å²) >= 11 is 1.44. The first-order valence-corrected chi connectivity index (χ1v) is 8.01. The largest absolute Gasteiger partial charge is 0.465 e. The average molecular weight is 281 g/mol. The van der Waals surface area contributed by atoms with Crippen LogP contribution in [0.15, 0.2) is 11.4 Å². The minimum atomic E-state index is -0.239. The van der Waals surface area contributed by atoms with E-state index in [4.69, 9.17) is 4.74 Å². The standard InChI is InChI=1S/C15H23NO2S/c1-11-5-3-4-6-12(8-7-11)16-13-9-10-19-14(13)15(17)18-2/h9-12,16H,3-8H2,1-2H3. The number of esters is 1. The molecule has 4 heteroatoms.